The molecule has 7 nitrogen and oxygen atoms in total. The fraction of sp³-hybridized carbons (Fsp3) is 0.389. The first kappa shape index (κ1) is 18.7. The molecule has 0 bridgehead atoms. The summed E-state index contributed by atoms with van der Waals surface area (Å²) >= 11 is 0. The van der Waals surface area contributed by atoms with E-state index in [1.54, 1.807) is 24.0 Å². The maximum atomic E-state index is 12.3. The van der Waals surface area contributed by atoms with E-state index in [4.69, 9.17) is 0 Å². The Balaban J connectivity index is 2.06. The van der Waals surface area contributed by atoms with Gasteiger partial charge in [0.1, 0.15) is 0 Å². The highest BCUT2D eigenvalue weighted by molar-refractivity contribution is 6.39. The Bertz CT molecular complexity index is 695. The van der Waals surface area contributed by atoms with Crippen LogP contribution >= 0.6 is 0 Å². The molecule has 7 heteroatoms. The smallest absolute Gasteiger partial charge is 0.314 e. The van der Waals surface area contributed by atoms with Crippen molar-refractivity contribution in [1.29, 1.82) is 0 Å². The predicted molar refractivity (Wildman–Crippen MR) is 97.0 cm³/mol. The molecule has 1 unspecified atom stereocenters. The Morgan fingerprint density at radius 1 is 1.12 bits per heavy atom. The molecule has 2 amide bonds. The number of hydrogen-bond donors (Lipinski definition) is 2. The molecule has 2 aromatic rings. The minimum atomic E-state index is -0.723. The van der Waals surface area contributed by atoms with Crippen molar-refractivity contribution < 1.29 is 9.59 Å². The second-order valence-corrected chi connectivity index (χ2v) is 5.75. The fourth-order valence-electron chi connectivity index (χ4n) is 2.54. The lowest BCUT2D eigenvalue weighted by molar-refractivity contribution is -0.136. The molecule has 0 aliphatic rings. The van der Waals surface area contributed by atoms with Crippen molar-refractivity contribution in [2.45, 2.75) is 19.9 Å². The van der Waals surface area contributed by atoms with Gasteiger partial charge in [-0.3, -0.25) is 14.3 Å². The molecule has 1 aromatic heterocycles. The van der Waals surface area contributed by atoms with Crippen LogP contribution in [0.25, 0.3) is 0 Å². The highest BCUT2D eigenvalue weighted by atomic mass is 16.2. The summed E-state index contributed by atoms with van der Waals surface area (Å²) in [6, 6.07) is 11.0. The van der Waals surface area contributed by atoms with E-state index < -0.39 is 11.8 Å². The molecule has 2 N–H and O–H groups in total. The molecule has 0 radical (unpaired) electrons. The number of likely N-dealkylation sites (N-methyl/N-ethyl adjacent to an activating group) is 1. The van der Waals surface area contributed by atoms with Crippen LogP contribution in [0, 0.1) is 0 Å². The van der Waals surface area contributed by atoms with Crippen LogP contribution in [0.5, 0.6) is 0 Å². The van der Waals surface area contributed by atoms with Gasteiger partial charge in [0, 0.05) is 25.9 Å². The molecule has 1 heterocycles. The molecule has 25 heavy (non-hydrogen) atoms. The number of nitrogens with zero attached hydrogens (tertiary/aromatic N) is 3. The van der Waals surface area contributed by atoms with Crippen molar-refractivity contribution >= 4 is 17.6 Å². The van der Waals surface area contributed by atoms with Gasteiger partial charge in [-0.05, 0) is 18.7 Å². The third kappa shape index (κ3) is 5.42. The van der Waals surface area contributed by atoms with Gasteiger partial charge in [-0.15, -0.1) is 0 Å². The molecule has 0 saturated heterocycles. The third-order valence-corrected chi connectivity index (χ3v) is 4.00. The lowest BCUT2D eigenvalue weighted by Gasteiger charge is -2.26. The summed E-state index contributed by atoms with van der Waals surface area (Å²) in [5.41, 5.74) is 0.966. The van der Waals surface area contributed by atoms with E-state index in [0.29, 0.717) is 12.4 Å². The van der Waals surface area contributed by atoms with Gasteiger partial charge in [-0.2, -0.15) is 5.10 Å². The topological polar surface area (TPSA) is 79.3 Å². The number of anilines is 1. The average molecular weight is 343 g/mol. The number of aryl methyl sites for hydroxylation is 1. The first-order valence-corrected chi connectivity index (χ1v) is 8.42. The second kappa shape index (κ2) is 8.98. The van der Waals surface area contributed by atoms with Crippen LogP contribution in [-0.4, -0.2) is 46.1 Å². The Hall–Kier alpha value is -2.67. The maximum absolute atomic E-state index is 12.3. The van der Waals surface area contributed by atoms with Crippen molar-refractivity contribution in [3.05, 3.63) is 48.2 Å². The van der Waals surface area contributed by atoms with E-state index in [1.807, 2.05) is 30.3 Å². The molecule has 0 aliphatic heterocycles. The van der Waals surface area contributed by atoms with Crippen LogP contribution in [0.1, 0.15) is 25.5 Å². The standard InChI is InChI=1S/C18H25N5O2/c1-4-23(5-2)13-15(14-9-7-6-8-10-14)19-17(24)18(25)20-16-11-12-22(3)21-16/h6-12,15H,4-5,13H2,1-3H3,(H,19,24)(H,20,21,25). The van der Waals surface area contributed by atoms with Crippen LogP contribution in [0.15, 0.2) is 42.6 Å². The Labute approximate surface area is 148 Å². The van der Waals surface area contributed by atoms with Gasteiger partial charge >= 0.3 is 11.8 Å². The molecule has 0 saturated carbocycles. The zero-order valence-electron chi connectivity index (χ0n) is 14.9. The molecular weight excluding hydrogens is 318 g/mol. The predicted octanol–water partition coefficient (Wildman–Crippen LogP) is 1.56. The summed E-state index contributed by atoms with van der Waals surface area (Å²) in [4.78, 5) is 26.7. The molecule has 0 spiro atoms. The fourth-order valence-corrected chi connectivity index (χ4v) is 2.54. The number of carbonyl (C=O) groups excluding carboxylic acids is 2. The summed E-state index contributed by atoms with van der Waals surface area (Å²) < 4.78 is 1.56. The van der Waals surface area contributed by atoms with E-state index >= 15 is 0 Å². The number of hydrogen-bond acceptors (Lipinski definition) is 4. The molecule has 134 valence electrons. The van der Waals surface area contributed by atoms with Crippen LogP contribution < -0.4 is 10.6 Å². The van der Waals surface area contributed by atoms with Gasteiger partial charge in [-0.25, -0.2) is 0 Å². The number of amides is 2. The minimum Gasteiger partial charge on any atom is -0.340 e. The SMILES string of the molecule is CCN(CC)CC(NC(=O)C(=O)Nc1ccn(C)n1)c1ccccc1. The van der Waals surface area contributed by atoms with Crippen LogP contribution in [0.2, 0.25) is 0 Å². The maximum Gasteiger partial charge on any atom is 0.314 e. The summed E-state index contributed by atoms with van der Waals surface area (Å²) in [6.45, 7) is 6.52. The van der Waals surface area contributed by atoms with Crippen molar-refractivity contribution in [3.8, 4) is 0 Å². The highest BCUT2D eigenvalue weighted by Gasteiger charge is 2.22. The number of nitrogens with one attached hydrogen (secondary N) is 2. The van der Waals surface area contributed by atoms with Gasteiger partial charge in [0.15, 0.2) is 5.82 Å². The first-order valence-electron chi connectivity index (χ1n) is 8.42. The van der Waals surface area contributed by atoms with E-state index in [9.17, 15) is 9.59 Å². The van der Waals surface area contributed by atoms with E-state index in [0.717, 1.165) is 18.7 Å². The Kier molecular flexibility index (Phi) is 6.71. The number of benzene rings is 1. The lowest BCUT2D eigenvalue weighted by Crippen LogP contribution is -2.42. The summed E-state index contributed by atoms with van der Waals surface area (Å²) in [6.07, 6.45) is 1.70. The summed E-state index contributed by atoms with van der Waals surface area (Å²) in [5.74, 6) is -1.05. The van der Waals surface area contributed by atoms with Crippen molar-refractivity contribution in [3.63, 3.8) is 0 Å². The van der Waals surface area contributed by atoms with Crippen LogP contribution in [0.3, 0.4) is 0 Å². The van der Waals surface area contributed by atoms with Crippen LogP contribution in [-0.2, 0) is 16.6 Å². The Morgan fingerprint density at radius 3 is 2.36 bits per heavy atom. The third-order valence-electron chi connectivity index (χ3n) is 4.00. The van der Waals surface area contributed by atoms with Gasteiger partial charge in [0.05, 0.1) is 6.04 Å². The molecule has 1 aromatic carbocycles. The molecule has 1 atom stereocenters. The Morgan fingerprint density at radius 2 is 1.80 bits per heavy atom. The summed E-state index contributed by atoms with van der Waals surface area (Å²) in [5, 5.41) is 9.38. The first-order chi connectivity index (χ1) is 12.0. The van der Waals surface area contributed by atoms with E-state index in [2.05, 4.69) is 34.5 Å². The monoisotopic (exact) mass is 343 g/mol. The van der Waals surface area contributed by atoms with Gasteiger partial charge in [0.25, 0.3) is 0 Å². The zero-order chi connectivity index (χ0) is 18.2. The number of rotatable bonds is 7. The molecule has 0 fully saturated rings. The van der Waals surface area contributed by atoms with Crippen molar-refractivity contribution in [1.82, 2.24) is 20.0 Å². The lowest BCUT2D eigenvalue weighted by atomic mass is 10.1. The van der Waals surface area contributed by atoms with Crippen molar-refractivity contribution in [2.75, 3.05) is 25.0 Å². The van der Waals surface area contributed by atoms with Gasteiger partial charge in [0.2, 0.25) is 0 Å². The van der Waals surface area contributed by atoms with Gasteiger partial charge < -0.3 is 15.5 Å². The molecule has 2 rings (SSSR count). The average Bonchev–Trinajstić information content (AvgIpc) is 3.03. The minimum absolute atomic E-state index is 0.261. The number of carbonyl (C=O) groups is 2. The molecular formula is C18H25N5O2. The molecule has 0 aliphatic carbocycles. The quantitative estimate of drug-likeness (QED) is 0.748. The van der Waals surface area contributed by atoms with Gasteiger partial charge in [-0.1, -0.05) is 44.2 Å². The second-order valence-electron chi connectivity index (χ2n) is 5.75. The van der Waals surface area contributed by atoms with Crippen molar-refractivity contribution in [2.24, 2.45) is 7.05 Å². The van der Waals surface area contributed by atoms with E-state index in [-0.39, 0.29) is 6.04 Å². The number of aromatic nitrogens is 2. The largest absolute Gasteiger partial charge is 0.340 e. The summed E-state index contributed by atoms with van der Waals surface area (Å²) in [7, 11) is 1.74. The normalized spacial score (nSPS) is 12.0. The van der Waals surface area contributed by atoms with Crippen LogP contribution in [0.4, 0.5) is 5.82 Å². The highest BCUT2D eigenvalue weighted by Crippen LogP contribution is 2.14. The van der Waals surface area contributed by atoms with E-state index in [1.165, 1.54) is 0 Å². The zero-order valence-corrected chi connectivity index (χ0v) is 14.9.